The number of hydrogen-bond donors (Lipinski definition) is 1. The van der Waals surface area contributed by atoms with Gasteiger partial charge in [-0.15, -0.1) is 0 Å². The van der Waals surface area contributed by atoms with Crippen LogP contribution in [0.4, 0.5) is 5.82 Å². The van der Waals surface area contributed by atoms with Gasteiger partial charge in [0, 0.05) is 11.8 Å². The number of amides is 1. The van der Waals surface area contributed by atoms with Crippen LogP contribution in [0, 0.1) is 18.3 Å². The molecule has 3 aromatic rings. The zero-order valence-corrected chi connectivity index (χ0v) is 11.4. The molecule has 102 valence electrons. The molecule has 21 heavy (non-hydrogen) atoms. The minimum atomic E-state index is -0.254. The summed E-state index contributed by atoms with van der Waals surface area (Å²) in [6.07, 6.45) is 3.44. The van der Waals surface area contributed by atoms with Gasteiger partial charge in [-0.1, -0.05) is 12.1 Å². The van der Waals surface area contributed by atoms with Crippen molar-refractivity contribution in [2.24, 2.45) is 0 Å². The maximum Gasteiger partial charge on any atom is 0.257 e. The van der Waals surface area contributed by atoms with Crippen LogP contribution in [-0.4, -0.2) is 15.3 Å². The Kier molecular flexibility index (Phi) is 3.13. The lowest BCUT2D eigenvalue weighted by Crippen LogP contribution is -2.14. The van der Waals surface area contributed by atoms with E-state index in [-0.39, 0.29) is 5.91 Å². The fraction of sp³-hybridized carbons (Fsp3) is 0.0625. The molecule has 0 aliphatic carbocycles. The quantitative estimate of drug-likeness (QED) is 0.782. The van der Waals surface area contributed by atoms with E-state index in [1.165, 1.54) is 0 Å². The van der Waals surface area contributed by atoms with Gasteiger partial charge in [0.1, 0.15) is 11.5 Å². The first kappa shape index (κ1) is 12.9. The average molecular weight is 276 g/mol. The van der Waals surface area contributed by atoms with E-state index in [1.807, 2.05) is 37.4 Å². The Morgan fingerprint density at radius 1 is 1.33 bits per heavy atom. The Balaban J connectivity index is 1.95. The molecule has 2 aromatic heterocycles. The highest BCUT2D eigenvalue weighted by atomic mass is 16.1. The molecule has 0 unspecified atom stereocenters. The van der Waals surface area contributed by atoms with Crippen LogP contribution in [0.25, 0.3) is 5.65 Å². The van der Waals surface area contributed by atoms with Crippen LogP contribution < -0.4 is 5.32 Å². The summed E-state index contributed by atoms with van der Waals surface area (Å²) >= 11 is 0. The standard InChI is InChI=1S/C16H12N4O/c1-11-5-6-12(9-17)8-13(11)16(21)19-15-10-18-14-4-2-3-7-20(14)15/h2-8,10H,1H3,(H,19,21). The third kappa shape index (κ3) is 2.35. The van der Waals surface area contributed by atoms with Crippen molar-refractivity contribution >= 4 is 17.4 Å². The molecule has 0 spiro atoms. The first-order valence-corrected chi connectivity index (χ1v) is 6.43. The average Bonchev–Trinajstić information content (AvgIpc) is 2.91. The fourth-order valence-electron chi connectivity index (χ4n) is 2.14. The number of anilines is 1. The SMILES string of the molecule is Cc1ccc(C#N)cc1C(=O)Nc1cnc2ccccn12. The predicted octanol–water partition coefficient (Wildman–Crippen LogP) is 2.77. The van der Waals surface area contributed by atoms with E-state index in [0.717, 1.165) is 11.2 Å². The van der Waals surface area contributed by atoms with Gasteiger partial charge in [0.2, 0.25) is 0 Å². The lowest BCUT2D eigenvalue weighted by Gasteiger charge is -2.07. The molecule has 0 bridgehead atoms. The van der Waals surface area contributed by atoms with Crippen molar-refractivity contribution in [2.45, 2.75) is 6.92 Å². The molecule has 1 amide bonds. The van der Waals surface area contributed by atoms with Crippen molar-refractivity contribution in [2.75, 3.05) is 5.32 Å². The zero-order chi connectivity index (χ0) is 14.8. The van der Waals surface area contributed by atoms with Gasteiger partial charge >= 0.3 is 0 Å². The number of imidazole rings is 1. The summed E-state index contributed by atoms with van der Waals surface area (Å²) in [5.74, 6) is 0.340. The number of carbonyl (C=O) groups is 1. The van der Waals surface area contributed by atoms with Gasteiger partial charge < -0.3 is 5.32 Å². The van der Waals surface area contributed by atoms with E-state index in [1.54, 1.807) is 28.8 Å². The Hall–Kier alpha value is -3.13. The molecule has 0 aliphatic rings. The van der Waals surface area contributed by atoms with Gasteiger partial charge in [-0.25, -0.2) is 4.98 Å². The lowest BCUT2D eigenvalue weighted by atomic mass is 10.1. The van der Waals surface area contributed by atoms with Crippen LogP contribution in [-0.2, 0) is 0 Å². The number of aromatic nitrogens is 2. The summed E-state index contributed by atoms with van der Waals surface area (Å²) in [5.41, 5.74) is 2.53. The number of aryl methyl sites for hydroxylation is 1. The number of benzene rings is 1. The molecule has 0 aliphatic heterocycles. The first-order chi connectivity index (χ1) is 10.2. The normalized spacial score (nSPS) is 10.3. The van der Waals surface area contributed by atoms with Crippen molar-refractivity contribution in [3.63, 3.8) is 0 Å². The van der Waals surface area contributed by atoms with E-state index in [9.17, 15) is 4.79 Å². The Morgan fingerprint density at radius 3 is 3.00 bits per heavy atom. The van der Waals surface area contributed by atoms with Crippen LogP contribution in [0.5, 0.6) is 0 Å². The molecular weight excluding hydrogens is 264 g/mol. The zero-order valence-electron chi connectivity index (χ0n) is 11.4. The topological polar surface area (TPSA) is 70.2 Å². The molecule has 0 saturated heterocycles. The second-order valence-corrected chi connectivity index (χ2v) is 4.67. The van der Waals surface area contributed by atoms with Gasteiger partial charge in [0.05, 0.1) is 17.8 Å². The molecule has 0 radical (unpaired) electrons. The number of pyridine rings is 1. The molecule has 2 heterocycles. The number of carbonyl (C=O) groups excluding carboxylic acids is 1. The summed E-state index contributed by atoms with van der Waals surface area (Å²) in [6, 6.07) is 12.7. The molecule has 0 saturated carbocycles. The largest absolute Gasteiger partial charge is 0.306 e. The first-order valence-electron chi connectivity index (χ1n) is 6.43. The Bertz CT molecular complexity index is 873. The maximum absolute atomic E-state index is 12.4. The van der Waals surface area contributed by atoms with Gasteiger partial charge in [-0.05, 0) is 36.8 Å². The number of fused-ring (bicyclic) bond motifs is 1. The van der Waals surface area contributed by atoms with Crippen molar-refractivity contribution in [3.8, 4) is 6.07 Å². The van der Waals surface area contributed by atoms with Crippen LogP contribution in [0.2, 0.25) is 0 Å². The van der Waals surface area contributed by atoms with Gasteiger partial charge in [0.25, 0.3) is 5.91 Å². The number of hydrogen-bond acceptors (Lipinski definition) is 3. The highest BCUT2D eigenvalue weighted by Crippen LogP contribution is 2.15. The van der Waals surface area contributed by atoms with Crippen LogP contribution in [0.3, 0.4) is 0 Å². The van der Waals surface area contributed by atoms with E-state index in [4.69, 9.17) is 5.26 Å². The summed E-state index contributed by atoms with van der Waals surface area (Å²) < 4.78 is 1.79. The van der Waals surface area contributed by atoms with Crippen LogP contribution >= 0.6 is 0 Å². The van der Waals surface area contributed by atoms with Gasteiger partial charge in [-0.2, -0.15) is 5.26 Å². The molecule has 0 fully saturated rings. The van der Waals surface area contributed by atoms with E-state index >= 15 is 0 Å². The Morgan fingerprint density at radius 2 is 2.19 bits per heavy atom. The monoisotopic (exact) mass is 276 g/mol. The van der Waals surface area contributed by atoms with Crippen molar-refractivity contribution in [1.82, 2.24) is 9.38 Å². The number of nitrogens with one attached hydrogen (secondary N) is 1. The molecule has 5 heteroatoms. The highest BCUT2D eigenvalue weighted by molar-refractivity contribution is 6.05. The van der Waals surface area contributed by atoms with E-state index in [2.05, 4.69) is 10.3 Å². The molecule has 1 aromatic carbocycles. The lowest BCUT2D eigenvalue weighted by molar-refractivity contribution is 0.102. The van der Waals surface area contributed by atoms with E-state index < -0.39 is 0 Å². The summed E-state index contributed by atoms with van der Waals surface area (Å²) in [5, 5.41) is 11.8. The van der Waals surface area contributed by atoms with E-state index in [0.29, 0.717) is 16.9 Å². The molecule has 1 N–H and O–H groups in total. The second-order valence-electron chi connectivity index (χ2n) is 4.67. The minimum Gasteiger partial charge on any atom is -0.306 e. The van der Waals surface area contributed by atoms with Crippen molar-refractivity contribution < 1.29 is 4.79 Å². The van der Waals surface area contributed by atoms with Crippen molar-refractivity contribution in [1.29, 1.82) is 5.26 Å². The summed E-state index contributed by atoms with van der Waals surface area (Å²) in [7, 11) is 0. The predicted molar refractivity (Wildman–Crippen MR) is 79.0 cm³/mol. The maximum atomic E-state index is 12.4. The molecular formula is C16H12N4O. The number of rotatable bonds is 2. The molecule has 5 nitrogen and oxygen atoms in total. The number of nitrogens with zero attached hydrogens (tertiary/aromatic N) is 3. The second kappa shape index (κ2) is 5.10. The smallest absolute Gasteiger partial charge is 0.257 e. The van der Waals surface area contributed by atoms with Crippen LogP contribution in [0.1, 0.15) is 21.5 Å². The molecule has 3 rings (SSSR count). The summed E-state index contributed by atoms with van der Waals surface area (Å²) in [4.78, 5) is 16.6. The Labute approximate surface area is 121 Å². The summed E-state index contributed by atoms with van der Waals surface area (Å²) in [6.45, 7) is 1.84. The third-order valence-electron chi connectivity index (χ3n) is 3.27. The number of nitriles is 1. The van der Waals surface area contributed by atoms with Crippen molar-refractivity contribution in [3.05, 3.63) is 65.5 Å². The van der Waals surface area contributed by atoms with Gasteiger partial charge in [0.15, 0.2) is 0 Å². The molecule has 0 atom stereocenters. The minimum absolute atomic E-state index is 0.254. The highest BCUT2D eigenvalue weighted by Gasteiger charge is 2.12. The third-order valence-corrected chi connectivity index (χ3v) is 3.27. The fourth-order valence-corrected chi connectivity index (χ4v) is 2.14. The van der Waals surface area contributed by atoms with Gasteiger partial charge in [-0.3, -0.25) is 9.20 Å². The van der Waals surface area contributed by atoms with Crippen LogP contribution in [0.15, 0.2) is 48.8 Å².